The molecule has 0 unspecified atom stereocenters. The summed E-state index contributed by atoms with van der Waals surface area (Å²) >= 11 is 2.07. The molecule has 2 aliphatic carbocycles. The number of rotatable bonds is 2. The van der Waals surface area contributed by atoms with Gasteiger partial charge in [0.15, 0.2) is 0 Å². The van der Waals surface area contributed by atoms with Crippen LogP contribution in [-0.4, -0.2) is 6.71 Å². The molecule has 12 rings (SSSR count). The molecule has 0 saturated heterocycles. The molecule has 0 N–H and O–H groups in total. The molecule has 2 aliphatic heterocycles. The summed E-state index contributed by atoms with van der Waals surface area (Å²) < 4.78 is 1.42. The lowest BCUT2D eigenvalue weighted by Gasteiger charge is -2.43. The highest BCUT2D eigenvalue weighted by atomic mass is 32.1. The zero-order valence-electron chi connectivity index (χ0n) is 36.3. The van der Waals surface area contributed by atoms with Crippen molar-refractivity contribution < 1.29 is 0 Å². The van der Waals surface area contributed by atoms with Crippen LogP contribution in [0.5, 0.6) is 0 Å². The minimum Gasteiger partial charge on any atom is -0.311 e. The van der Waals surface area contributed by atoms with Crippen molar-refractivity contribution in [1.29, 1.82) is 0 Å². The first-order chi connectivity index (χ1) is 29.4. The molecular weight excluding hydrogens is 756 g/mol. The van der Waals surface area contributed by atoms with Gasteiger partial charge in [-0.3, -0.25) is 0 Å². The molecule has 0 fully saturated rings. The van der Waals surface area contributed by atoms with Crippen molar-refractivity contribution in [3.63, 3.8) is 0 Å². The number of benzene rings is 7. The number of thiophene rings is 1. The van der Waals surface area contributed by atoms with Crippen molar-refractivity contribution in [2.45, 2.75) is 71.6 Å². The van der Waals surface area contributed by atoms with Gasteiger partial charge in [-0.1, -0.05) is 156 Å². The Morgan fingerprint density at radius 3 is 1.70 bits per heavy atom. The Morgan fingerprint density at radius 2 is 1.05 bits per heavy atom. The maximum atomic E-state index is 2.66. The summed E-state index contributed by atoms with van der Waals surface area (Å²) in [6.45, 7) is 18.5. The standard InChI is InChI=1S/C57H49BN2S/c1-34-21-26-38(27-22-34)59-47-20-14-13-19-46(47)58-51-48(59)31-35(2)32-49(51)60(39-28-23-36(24-29-39)55(3,4)5)52-50-42-30-25-37(56(6,7)8)33-45(42)57(53(50)61-54(52)58)43-17-11-9-15-40(43)41-16-10-12-18-44(41)57/h9-33H,1-8H3. The molecule has 61 heavy (non-hydrogen) atoms. The maximum absolute atomic E-state index is 2.66. The molecule has 3 heterocycles. The van der Waals surface area contributed by atoms with E-state index in [9.17, 15) is 0 Å². The van der Waals surface area contributed by atoms with Gasteiger partial charge in [0.25, 0.3) is 6.71 Å². The highest BCUT2D eigenvalue weighted by Gasteiger charge is 2.57. The molecule has 0 radical (unpaired) electrons. The minimum atomic E-state index is -0.448. The summed E-state index contributed by atoms with van der Waals surface area (Å²) in [6.07, 6.45) is 0. The van der Waals surface area contributed by atoms with E-state index in [1.165, 1.54) is 116 Å². The molecule has 0 bridgehead atoms. The highest BCUT2D eigenvalue weighted by Crippen LogP contribution is 2.67. The Balaban J connectivity index is 1.23. The Labute approximate surface area is 365 Å². The second kappa shape index (κ2) is 12.5. The molecule has 1 spiro atoms. The lowest BCUT2D eigenvalue weighted by Crippen LogP contribution is -2.60. The average molecular weight is 805 g/mol. The van der Waals surface area contributed by atoms with Crippen LogP contribution < -0.4 is 25.5 Å². The maximum Gasteiger partial charge on any atom is 0.264 e. The molecule has 4 heteroatoms. The summed E-state index contributed by atoms with van der Waals surface area (Å²) in [7, 11) is 0. The normalized spacial score (nSPS) is 14.9. The van der Waals surface area contributed by atoms with E-state index >= 15 is 0 Å². The van der Waals surface area contributed by atoms with Crippen molar-refractivity contribution in [1.82, 2.24) is 0 Å². The molecular formula is C57H49BN2S. The van der Waals surface area contributed by atoms with E-state index in [0.717, 1.165) is 0 Å². The van der Waals surface area contributed by atoms with Crippen molar-refractivity contribution >= 4 is 67.9 Å². The summed E-state index contributed by atoms with van der Waals surface area (Å²) in [6, 6.07) is 58.6. The summed E-state index contributed by atoms with van der Waals surface area (Å²) in [5.41, 5.74) is 24.7. The van der Waals surface area contributed by atoms with Gasteiger partial charge in [0.05, 0.1) is 11.1 Å². The number of aryl methyl sites for hydroxylation is 2. The molecule has 0 saturated carbocycles. The third kappa shape index (κ3) is 4.91. The molecule has 0 amide bonds. The van der Waals surface area contributed by atoms with E-state index in [1.807, 2.05) is 0 Å². The first-order valence-corrected chi connectivity index (χ1v) is 22.7. The van der Waals surface area contributed by atoms with Crippen LogP contribution >= 0.6 is 11.3 Å². The third-order valence-electron chi connectivity index (χ3n) is 14.1. The second-order valence-corrected chi connectivity index (χ2v) is 20.9. The van der Waals surface area contributed by atoms with Crippen LogP contribution in [0.1, 0.15) is 85.4 Å². The topological polar surface area (TPSA) is 6.48 Å². The van der Waals surface area contributed by atoms with Crippen LogP contribution in [0.4, 0.5) is 34.1 Å². The largest absolute Gasteiger partial charge is 0.311 e. The van der Waals surface area contributed by atoms with Gasteiger partial charge in [-0.25, -0.2) is 0 Å². The number of anilines is 6. The number of fused-ring (bicyclic) bond motifs is 15. The van der Waals surface area contributed by atoms with Crippen LogP contribution in [0.25, 0.3) is 22.3 Å². The Hall–Kier alpha value is -6.10. The molecule has 8 aromatic rings. The highest BCUT2D eigenvalue weighted by molar-refractivity contribution is 7.30. The van der Waals surface area contributed by atoms with Gasteiger partial charge >= 0.3 is 0 Å². The third-order valence-corrected chi connectivity index (χ3v) is 15.4. The van der Waals surface area contributed by atoms with Gasteiger partial charge in [-0.15, -0.1) is 11.3 Å². The number of para-hydroxylation sites is 1. The van der Waals surface area contributed by atoms with Crippen LogP contribution in [0, 0.1) is 13.8 Å². The molecule has 0 atom stereocenters. The molecule has 296 valence electrons. The van der Waals surface area contributed by atoms with Crippen molar-refractivity contribution in [3.8, 4) is 22.3 Å². The minimum absolute atomic E-state index is 0.00780. The molecule has 2 nitrogen and oxygen atoms in total. The van der Waals surface area contributed by atoms with E-state index in [2.05, 4.69) is 228 Å². The fraction of sp³-hybridized carbons (Fsp3) is 0.193. The number of hydrogen-bond donors (Lipinski definition) is 0. The monoisotopic (exact) mass is 804 g/mol. The van der Waals surface area contributed by atoms with Crippen LogP contribution in [0.3, 0.4) is 0 Å². The van der Waals surface area contributed by atoms with Crippen molar-refractivity contribution in [2.75, 3.05) is 9.80 Å². The Morgan fingerprint density at radius 1 is 0.492 bits per heavy atom. The smallest absolute Gasteiger partial charge is 0.264 e. The van der Waals surface area contributed by atoms with Gasteiger partial charge in [0, 0.05) is 43.7 Å². The predicted octanol–water partition coefficient (Wildman–Crippen LogP) is 13.4. The number of hydrogen-bond acceptors (Lipinski definition) is 3. The zero-order valence-corrected chi connectivity index (χ0v) is 37.1. The van der Waals surface area contributed by atoms with Gasteiger partial charge in [0.2, 0.25) is 0 Å². The lowest BCUT2D eigenvalue weighted by molar-refractivity contribution is 0.588. The fourth-order valence-corrected chi connectivity index (χ4v) is 12.9. The first-order valence-electron chi connectivity index (χ1n) is 21.9. The van der Waals surface area contributed by atoms with E-state index in [1.54, 1.807) is 0 Å². The predicted molar refractivity (Wildman–Crippen MR) is 262 cm³/mol. The van der Waals surface area contributed by atoms with E-state index in [-0.39, 0.29) is 17.5 Å². The fourth-order valence-electron chi connectivity index (χ4n) is 11.2. The quantitative estimate of drug-likeness (QED) is 0.161. The first kappa shape index (κ1) is 36.7. The summed E-state index contributed by atoms with van der Waals surface area (Å²) in [4.78, 5) is 6.63. The van der Waals surface area contributed by atoms with E-state index < -0.39 is 5.41 Å². The van der Waals surface area contributed by atoms with Gasteiger partial charge < -0.3 is 9.80 Å². The van der Waals surface area contributed by atoms with E-state index in [0.29, 0.717) is 0 Å². The molecule has 7 aromatic carbocycles. The average Bonchev–Trinajstić information content (AvgIpc) is 3.87. The molecule has 4 aliphatic rings. The van der Waals surface area contributed by atoms with E-state index in [4.69, 9.17) is 0 Å². The SMILES string of the molecule is Cc1ccc(N2c3ccccc3B3c4sc5c(c4N(c4ccc(C(C)(C)C)cc4)c4cc(C)cc2c43)-c2ccc(C(C)(C)C)cc2C52c3ccccc3-c3ccccc32)cc1. The Kier molecular flexibility index (Phi) is 7.52. The van der Waals surface area contributed by atoms with Crippen molar-refractivity contribution in [3.05, 3.63) is 195 Å². The second-order valence-electron chi connectivity index (χ2n) is 19.9. The zero-order chi connectivity index (χ0) is 41.7. The van der Waals surface area contributed by atoms with Gasteiger partial charge in [0.1, 0.15) is 0 Å². The van der Waals surface area contributed by atoms with Gasteiger partial charge in [-0.2, -0.15) is 0 Å². The van der Waals surface area contributed by atoms with Crippen LogP contribution in [0.15, 0.2) is 152 Å². The van der Waals surface area contributed by atoms with Gasteiger partial charge in [-0.05, 0) is 128 Å². The summed E-state index contributed by atoms with van der Waals surface area (Å²) in [5, 5.41) is 0. The Bertz CT molecular complexity index is 3090. The van der Waals surface area contributed by atoms with Crippen molar-refractivity contribution in [2.24, 2.45) is 0 Å². The van der Waals surface area contributed by atoms with Crippen LogP contribution in [-0.2, 0) is 16.2 Å². The molecule has 1 aromatic heterocycles. The summed E-state index contributed by atoms with van der Waals surface area (Å²) in [5.74, 6) is 0. The van der Waals surface area contributed by atoms with Crippen LogP contribution in [0.2, 0.25) is 0 Å². The lowest BCUT2D eigenvalue weighted by atomic mass is 9.36. The number of nitrogens with zero attached hydrogens (tertiary/aromatic N) is 2.